The third-order valence-corrected chi connectivity index (χ3v) is 6.98. The van der Waals surface area contributed by atoms with Crippen LogP contribution in [0.1, 0.15) is 52.0 Å². The highest BCUT2D eigenvalue weighted by Crippen LogP contribution is 2.46. The monoisotopic (exact) mass is 424 g/mol. The number of aromatic carboxylic acids is 1. The van der Waals surface area contributed by atoms with Crippen molar-refractivity contribution in [2.45, 2.75) is 44.1 Å². The van der Waals surface area contributed by atoms with Crippen LogP contribution in [0.2, 0.25) is 0 Å². The molecule has 2 aliphatic heterocycles. The Kier molecular flexibility index (Phi) is 5.01. The van der Waals surface area contributed by atoms with E-state index in [0.717, 1.165) is 61.1 Å². The van der Waals surface area contributed by atoms with E-state index < -0.39 is 5.97 Å². The lowest BCUT2D eigenvalue weighted by molar-refractivity contribution is -0.0768. The molecule has 0 unspecified atom stereocenters. The summed E-state index contributed by atoms with van der Waals surface area (Å²) in [6.07, 6.45) is 5.28. The minimum atomic E-state index is -0.909. The van der Waals surface area contributed by atoms with Gasteiger partial charge in [0.05, 0.1) is 26.4 Å². The summed E-state index contributed by atoms with van der Waals surface area (Å²) < 4.78 is 17.4. The summed E-state index contributed by atoms with van der Waals surface area (Å²) in [5.74, 6) is 1.14. The molecule has 5 rings (SSSR count). The number of pyridine rings is 1. The van der Waals surface area contributed by atoms with Crippen molar-refractivity contribution in [2.24, 2.45) is 0 Å². The number of hydrogen-bond donors (Lipinski definition) is 1. The number of carbonyl (C=O) groups is 1. The molecule has 0 radical (unpaired) electrons. The van der Waals surface area contributed by atoms with E-state index in [4.69, 9.17) is 19.2 Å². The number of benzene rings is 1. The second-order valence-electron chi connectivity index (χ2n) is 8.57. The summed E-state index contributed by atoms with van der Waals surface area (Å²) in [6.45, 7) is 2.06. The molecule has 1 aromatic heterocycles. The maximum atomic E-state index is 11.9. The van der Waals surface area contributed by atoms with Gasteiger partial charge in [0.15, 0.2) is 11.5 Å². The van der Waals surface area contributed by atoms with Crippen LogP contribution in [0.25, 0.3) is 0 Å². The van der Waals surface area contributed by atoms with E-state index in [2.05, 4.69) is 17.0 Å². The van der Waals surface area contributed by atoms with Crippen LogP contribution >= 0.6 is 0 Å². The third kappa shape index (κ3) is 3.31. The number of aromatic nitrogens is 1. The fourth-order valence-electron chi connectivity index (χ4n) is 5.34. The van der Waals surface area contributed by atoms with Gasteiger partial charge in [-0.15, -0.1) is 0 Å². The molecular formula is C24H28N2O5. The van der Waals surface area contributed by atoms with Crippen LogP contribution in [0.3, 0.4) is 0 Å². The Balaban J connectivity index is 1.45. The van der Waals surface area contributed by atoms with Crippen LogP contribution in [-0.2, 0) is 29.6 Å². The maximum absolute atomic E-state index is 11.9. The molecular weight excluding hydrogens is 396 g/mol. The molecule has 1 aliphatic carbocycles. The number of piperidine rings is 1. The van der Waals surface area contributed by atoms with Crippen molar-refractivity contribution < 1.29 is 24.1 Å². The molecule has 0 atom stereocenters. The number of rotatable bonds is 4. The van der Waals surface area contributed by atoms with Crippen LogP contribution < -0.4 is 14.4 Å². The Morgan fingerprint density at radius 2 is 1.81 bits per heavy atom. The standard InChI is InChI=1S/C24H28N2O5/c1-29-20-13-15-6-11-31-24(18(15)14-21(20)30-2)7-9-26(10-8-24)22-17(23(27)28)12-16-4-3-5-19(16)25-22/h12-14H,3-11H2,1-2H3,(H,27,28). The largest absolute Gasteiger partial charge is 0.493 e. The zero-order chi connectivity index (χ0) is 21.6. The molecule has 1 saturated heterocycles. The van der Waals surface area contributed by atoms with Crippen LogP contribution in [0.4, 0.5) is 5.82 Å². The van der Waals surface area contributed by atoms with Crippen molar-refractivity contribution in [2.75, 3.05) is 38.8 Å². The Labute approximate surface area is 181 Å². The number of nitrogens with zero attached hydrogens (tertiary/aromatic N) is 2. The SMILES string of the molecule is COc1cc2c(cc1OC)C1(CCN(c3nc4c(cc3C(=O)O)CCC4)CC1)OCC2. The Bertz CT molecular complexity index is 1030. The first-order chi connectivity index (χ1) is 15.0. The van der Waals surface area contributed by atoms with Crippen molar-refractivity contribution in [1.29, 1.82) is 0 Å². The number of hydrogen-bond acceptors (Lipinski definition) is 6. The van der Waals surface area contributed by atoms with Crippen LogP contribution in [0, 0.1) is 0 Å². The van der Waals surface area contributed by atoms with Gasteiger partial charge in [0, 0.05) is 18.8 Å². The van der Waals surface area contributed by atoms with Crippen molar-refractivity contribution in [3.05, 3.63) is 46.1 Å². The summed E-state index contributed by atoms with van der Waals surface area (Å²) in [6, 6.07) is 5.95. The van der Waals surface area contributed by atoms with Gasteiger partial charge in [-0.3, -0.25) is 0 Å². The number of methoxy groups -OCH3 is 2. The van der Waals surface area contributed by atoms with Crippen molar-refractivity contribution in [1.82, 2.24) is 4.98 Å². The molecule has 1 N–H and O–H groups in total. The van der Waals surface area contributed by atoms with Gasteiger partial charge in [-0.2, -0.15) is 0 Å². The molecule has 3 heterocycles. The number of carboxylic acids is 1. The summed E-state index contributed by atoms with van der Waals surface area (Å²) >= 11 is 0. The minimum Gasteiger partial charge on any atom is -0.493 e. The van der Waals surface area contributed by atoms with E-state index in [-0.39, 0.29) is 5.60 Å². The van der Waals surface area contributed by atoms with Gasteiger partial charge < -0.3 is 24.2 Å². The molecule has 3 aliphatic rings. The molecule has 2 aromatic rings. The molecule has 7 nitrogen and oxygen atoms in total. The highest BCUT2D eigenvalue weighted by atomic mass is 16.5. The van der Waals surface area contributed by atoms with Gasteiger partial charge >= 0.3 is 5.97 Å². The van der Waals surface area contributed by atoms with Crippen molar-refractivity contribution >= 4 is 11.8 Å². The molecule has 164 valence electrons. The van der Waals surface area contributed by atoms with E-state index in [1.165, 1.54) is 5.56 Å². The summed E-state index contributed by atoms with van der Waals surface area (Å²) in [4.78, 5) is 18.8. The molecule has 1 aromatic carbocycles. The maximum Gasteiger partial charge on any atom is 0.339 e. The van der Waals surface area contributed by atoms with Crippen LogP contribution in [-0.4, -0.2) is 50.0 Å². The lowest BCUT2D eigenvalue weighted by Crippen LogP contribution is -2.47. The lowest BCUT2D eigenvalue weighted by Gasteiger charge is -2.45. The minimum absolute atomic E-state index is 0.313. The molecule has 1 spiro atoms. The van der Waals surface area contributed by atoms with E-state index in [1.54, 1.807) is 14.2 Å². The predicted octanol–water partition coefficient (Wildman–Crippen LogP) is 3.35. The predicted molar refractivity (Wildman–Crippen MR) is 116 cm³/mol. The lowest BCUT2D eigenvalue weighted by atomic mass is 9.79. The van der Waals surface area contributed by atoms with Crippen molar-refractivity contribution in [3.63, 3.8) is 0 Å². The molecule has 31 heavy (non-hydrogen) atoms. The number of aryl methyl sites for hydroxylation is 2. The van der Waals surface area contributed by atoms with E-state index in [0.29, 0.717) is 36.8 Å². The van der Waals surface area contributed by atoms with Gasteiger partial charge in [-0.05, 0) is 73.4 Å². The Morgan fingerprint density at radius 1 is 1.06 bits per heavy atom. The molecule has 7 heteroatoms. The smallest absolute Gasteiger partial charge is 0.339 e. The quantitative estimate of drug-likeness (QED) is 0.806. The fourth-order valence-corrected chi connectivity index (χ4v) is 5.34. The third-order valence-electron chi connectivity index (χ3n) is 6.98. The molecule has 1 fully saturated rings. The van der Waals surface area contributed by atoms with E-state index >= 15 is 0 Å². The van der Waals surface area contributed by atoms with Gasteiger partial charge in [-0.1, -0.05) is 0 Å². The van der Waals surface area contributed by atoms with E-state index in [1.807, 2.05) is 6.07 Å². The van der Waals surface area contributed by atoms with Crippen LogP contribution in [0.15, 0.2) is 18.2 Å². The number of fused-ring (bicyclic) bond motifs is 3. The highest BCUT2D eigenvalue weighted by molar-refractivity contribution is 5.93. The summed E-state index contributed by atoms with van der Waals surface area (Å²) in [7, 11) is 3.30. The average Bonchev–Trinajstić information content (AvgIpc) is 3.26. The summed E-state index contributed by atoms with van der Waals surface area (Å²) in [5.41, 5.74) is 4.46. The molecule has 0 saturated carbocycles. The first-order valence-electron chi connectivity index (χ1n) is 10.9. The zero-order valence-electron chi connectivity index (χ0n) is 18.1. The number of carboxylic acid groups (broad SMARTS) is 1. The summed E-state index contributed by atoms with van der Waals surface area (Å²) in [5, 5.41) is 9.79. The van der Waals surface area contributed by atoms with Gasteiger partial charge in [0.1, 0.15) is 11.4 Å². The fraction of sp³-hybridized carbons (Fsp3) is 0.500. The second-order valence-corrected chi connectivity index (χ2v) is 8.57. The normalized spacial score (nSPS) is 19.1. The van der Waals surface area contributed by atoms with Gasteiger partial charge in [0.2, 0.25) is 0 Å². The van der Waals surface area contributed by atoms with E-state index in [9.17, 15) is 9.90 Å². The number of ether oxygens (including phenoxy) is 3. The molecule has 0 bridgehead atoms. The second kappa shape index (κ2) is 7.71. The highest BCUT2D eigenvalue weighted by Gasteiger charge is 2.42. The first kappa shape index (κ1) is 20.1. The van der Waals surface area contributed by atoms with Crippen LogP contribution in [0.5, 0.6) is 11.5 Å². The van der Waals surface area contributed by atoms with Gasteiger partial charge in [-0.25, -0.2) is 9.78 Å². The van der Waals surface area contributed by atoms with Gasteiger partial charge in [0.25, 0.3) is 0 Å². The Morgan fingerprint density at radius 3 is 2.52 bits per heavy atom. The molecule has 0 amide bonds. The number of anilines is 1. The first-order valence-corrected chi connectivity index (χ1v) is 10.9. The Hall–Kier alpha value is -2.80. The van der Waals surface area contributed by atoms with Crippen molar-refractivity contribution in [3.8, 4) is 11.5 Å². The average molecular weight is 424 g/mol. The topological polar surface area (TPSA) is 81.1 Å². The zero-order valence-corrected chi connectivity index (χ0v) is 18.1.